The van der Waals surface area contributed by atoms with Crippen molar-refractivity contribution >= 4 is 16.3 Å². The van der Waals surface area contributed by atoms with Gasteiger partial charge in [-0.05, 0) is 40.3 Å². The quantitative estimate of drug-likeness (QED) is 0.543. The molecule has 3 nitrogen and oxygen atoms in total. The van der Waals surface area contributed by atoms with Crippen LogP contribution in [0.15, 0.2) is 79.0 Å². The summed E-state index contributed by atoms with van der Waals surface area (Å²) in [6, 6.07) is 21.5. The van der Waals surface area contributed by atoms with Gasteiger partial charge in [0.15, 0.2) is 0 Å². The molecule has 28 heavy (non-hydrogen) atoms. The molecule has 0 bridgehead atoms. The van der Waals surface area contributed by atoms with E-state index >= 15 is 4.39 Å². The zero-order valence-electron chi connectivity index (χ0n) is 15.2. The predicted octanol–water partition coefficient (Wildman–Crippen LogP) is 4.97. The molecule has 0 unspecified atom stereocenters. The minimum Gasteiger partial charge on any atom is -0.309 e. The van der Waals surface area contributed by atoms with Crippen molar-refractivity contribution in [2.75, 3.05) is 6.54 Å². The zero-order chi connectivity index (χ0) is 18.9. The summed E-state index contributed by atoms with van der Waals surface area (Å²) >= 11 is 0. The summed E-state index contributed by atoms with van der Waals surface area (Å²) in [5.74, 6) is -0.171. The average molecular weight is 367 g/mol. The van der Waals surface area contributed by atoms with E-state index in [1.807, 2.05) is 54.6 Å². The molecule has 0 saturated carbocycles. The third-order valence-electron chi connectivity index (χ3n) is 5.18. The van der Waals surface area contributed by atoms with E-state index in [2.05, 4.69) is 33.7 Å². The average Bonchev–Trinajstić information content (AvgIpc) is 2.97. The molecule has 4 aromatic rings. The molecule has 1 N–H and O–H groups in total. The molecule has 5 rings (SSSR count). The van der Waals surface area contributed by atoms with Gasteiger partial charge >= 0.3 is 0 Å². The topological polar surface area (TPSA) is 37.8 Å². The van der Waals surface area contributed by atoms with Crippen molar-refractivity contribution in [2.24, 2.45) is 0 Å². The van der Waals surface area contributed by atoms with E-state index in [4.69, 9.17) is 0 Å². The Morgan fingerprint density at radius 2 is 1.79 bits per heavy atom. The van der Waals surface area contributed by atoms with Crippen molar-refractivity contribution < 1.29 is 4.39 Å². The van der Waals surface area contributed by atoms with Gasteiger partial charge in [0.25, 0.3) is 0 Å². The summed E-state index contributed by atoms with van der Waals surface area (Å²) in [6.07, 6.45) is 3.73. The Balaban J connectivity index is 1.65. The molecule has 0 aliphatic carbocycles. The summed E-state index contributed by atoms with van der Waals surface area (Å²) in [5, 5.41) is 13.1. The molecular formula is C24H18FN3. The Hall–Kier alpha value is -3.37. The van der Waals surface area contributed by atoms with Crippen molar-refractivity contribution in [3.63, 3.8) is 0 Å². The Bertz CT molecular complexity index is 1200. The van der Waals surface area contributed by atoms with Gasteiger partial charge in [-0.2, -0.15) is 10.2 Å². The first-order chi connectivity index (χ1) is 13.8. The maximum Gasteiger partial charge on any atom is 0.138 e. The molecule has 0 fully saturated rings. The fourth-order valence-corrected chi connectivity index (χ4v) is 3.81. The van der Waals surface area contributed by atoms with Crippen molar-refractivity contribution in [2.45, 2.75) is 6.54 Å². The van der Waals surface area contributed by atoms with Crippen LogP contribution in [0.2, 0.25) is 0 Å². The molecule has 136 valence electrons. The van der Waals surface area contributed by atoms with Crippen LogP contribution in [-0.4, -0.2) is 16.7 Å². The van der Waals surface area contributed by atoms with E-state index in [1.165, 1.54) is 0 Å². The molecule has 1 aliphatic rings. The fraction of sp³-hybridized carbons (Fsp3) is 0.0833. The molecule has 3 aromatic carbocycles. The SMILES string of the molecule is Fc1c(C2=CCNCc3cc(-c4cccnn4)ccc32)ccc2ccccc12. The second kappa shape index (κ2) is 6.98. The minimum absolute atomic E-state index is 0.171. The number of hydrogen-bond donors (Lipinski definition) is 1. The highest BCUT2D eigenvalue weighted by Gasteiger charge is 2.18. The number of fused-ring (bicyclic) bond motifs is 2. The van der Waals surface area contributed by atoms with Crippen LogP contribution in [0.4, 0.5) is 4.39 Å². The monoisotopic (exact) mass is 367 g/mol. The second-order valence-corrected chi connectivity index (χ2v) is 6.88. The van der Waals surface area contributed by atoms with Gasteiger partial charge in [0.2, 0.25) is 0 Å². The highest BCUT2D eigenvalue weighted by molar-refractivity contribution is 5.91. The first-order valence-corrected chi connectivity index (χ1v) is 9.31. The maximum atomic E-state index is 15.3. The third-order valence-corrected chi connectivity index (χ3v) is 5.18. The fourth-order valence-electron chi connectivity index (χ4n) is 3.81. The van der Waals surface area contributed by atoms with Crippen LogP contribution >= 0.6 is 0 Å². The lowest BCUT2D eigenvalue weighted by Gasteiger charge is -2.14. The number of nitrogens with zero attached hydrogens (tertiary/aromatic N) is 2. The van der Waals surface area contributed by atoms with E-state index < -0.39 is 0 Å². The third kappa shape index (κ3) is 2.88. The minimum atomic E-state index is -0.171. The van der Waals surface area contributed by atoms with E-state index in [1.54, 1.807) is 6.20 Å². The molecule has 0 amide bonds. The molecule has 0 spiro atoms. The lowest BCUT2D eigenvalue weighted by molar-refractivity contribution is 0.636. The van der Waals surface area contributed by atoms with Crippen molar-refractivity contribution in [3.05, 3.63) is 102 Å². The highest BCUT2D eigenvalue weighted by atomic mass is 19.1. The number of benzene rings is 3. The molecule has 4 heteroatoms. The van der Waals surface area contributed by atoms with Gasteiger partial charge in [0.1, 0.15) is 5.82 Å². The van der Waals surface area contributed by atoms with Gasteiger partial charge in [-0.25, -0.2) is 4.39 Å². The lowest BCUT2D eigenvalue weighted by Crippen LogP contribution is -2.11. The zero-order valence-corrected chi connectivity index (χ0v) is 15.2. The highest BCUT2D eigenvalue weighted by Crippen LogP contribution is 2.34. The van der Waals surface area contributed by atoms with Crippen LogP contribution in [0.3, 0.4) is 0 Å². The number of aromatic nitrogens is 2. The van der Waals surface area contributed by atoms with Crippen LogP contribution in [0, 0.1) is 5.82 Å². The smallest absolute Gasteiger partial charge is 0.138 e. The molecule has 0 saturated heterocycles. The number of halogens is 1. The van der Waals surface area contributed by atoms with Crippen molar-refractivity contribution in [3.8, 4) is 11.3 Å². The number of rotatable bonds is 2. The van der Waals surface area contributed by atoms with Crippen LogP contribution in [0.5, 0.6) is 0 Å². The Morgan fingerprint density at radius 3 is 2.68 bits per heavy atom. The summed E-state index contributed by atoms with van der Waals surface area (Å²) in [7, 11) is 0. The Morgan fingerprint density at radius 1 is 0.893 bits per heavy atom. The summed E-state index contributed by atoms with van der Waals surface area (Å²) in [6.45, 7) is 1.41. The normalized spacial score (nSPS) is 13.7. The van der Waals surface area contributed by atoms with Gasteiger partial charge in [-0.15, -0.1) is 0 Å². The van der Waals surface area contributed by atoms with Crippen molar-refractivity contribution in [1.82, 2.24) is 15.5 Å². The van der Waals surface area contributed by atoms with Crippen LogP contribution < -0.4 is 5.32 Å². The number of nitrogens with one attached hydrogen (secondary N) is 1. The van der Waals surface area contributed by atoms with E-state index in [0.29, 0.717) is 17.5 Å². The van der Waals surface area contributed by atoms with Crippen LogP contribution in [0.1, 0.15) is 16.7 Å². The van der Waals surface area contributed by atoms with Crippen LogP contribution in [-0.2, 0) is 6.54 Å². The van der Waals surface area contributed by atoms with Crippen molar-refractivity contribution in [1.29, 1.82) is 0 Å². The number of hydrogen-bond acceptors (Lipinski definition) is 3. The van der Waals surface area contributed by atoms with Gasteiger partial charge in [-0.1, -0.05) is 54.6 Å². The van der Waals surface area contributed by atoms with E-state index in [-0.39, 0.29) is 5.82 Å². The Kier molecular flexibility index (Phi) is 4.18. The standard InChI is InChI=1S/C24H18FN3/c25-24-20-5-2-1-4-16(20)7-10-22(24)21-11-13-26-15-18-14-17(8-9-19(18)21)23-6-3-12-27-28-23/h1-12,14,26H,13,15H2. The molecular weight excluding hydrogens is 349 g/mol. The van der Waals surface area contributed by atoms with Gasteiger partial charge in [-0.3, -0.25) is 0 Å². The molecule has 0 radical (unpaired) electrons. The molecule has 2 heterocycles. The molecule has 0 atom stereocenters. The summed E-state index contributed by atoms with van der Waals surface area (Å²) in [4.78, 5) is 0. The first-order valence-electron chi connectivity index (χ1n) is 9.31. The molecule has 1 aromatic heterocycles. The molecule has 1 aliphatic heterocycles. The predicted molar refractivity (Wildman–Crippen MR) is 110 cm³/mol. The van der Waals surface area contributed by atoms with E-state index in [9.17, 15) is 0 Å². The van der Waals surface area contributed by atoms with Gasteiger partial charge < -0.3 is 5.32 Å². The summed E-state index contributed by atoms with van der Waals surface area (Å²) in [5.41, 5.74) is 5.57. The first kappa shape index (κ1) is 16.8. The second-order valence-electron chi connectivity index (χ2n) is 6.88. The van der Waals surface area contributed by atoms with Crippen LogP contribution in [0.25, 0.3) is 27.6 Å². The largest absolute Gasteiger partial charge is 0.309 e. The Labute approximate surface area is 162 Å². The van der Waals surface area contributed by atoms with E-state index in [0.717, 1.165) is 39.9 Å². The van der Waals surface area contributed by atoms with Gasteiger partial charge in [0.05, 0.1) is 5.69 Å². The van der Waals surface area contributed by atoms with Gasteiger partial charge in [0, 0.05) is 35.8 Å². The maximum absolute atomic E-state index is 15.3. The lowest BCUT2D eigenvalue weighted by atomic mass is 9.91. The summed E-state index contributed by atoms with van der Waals surface area (Å²) < 4.78 is 15.3.